The highest BCUT2D eigenvalue weighted by molar-refractivity contribution is 7.89. The molecule has 9 nitrogen and oxygen atoms in total. The summed E-state index contributed by atoms with van der Waals surface area (Å²) in [6.07, 6.45) is 1.43. The third-order valence-electron chi connectivity index (χ3n) is 4.11. The summed E-state index contributed by atoms with van der Waals surface area (Å²) in [7, 11) is -3.98. The molecule has 3 rings (SSSR count). The van der Waals surface area contributed by atoms with Crippen LogP contribution in [0, 0.1) is 10.1 Å². The van der Waals surface area contributed by atoms with Gasteiger partial charge in [-0.15, -0.1) is 0 Å². The second kappa shape index (κ2) is 9.06. The van der Waals surface area contributed by atoms with E-state index in [4.69, 9.17) is 27.9 Å². The van der Waals surface area contributed by atoms with E-state index in [1.807, 2.05) is 0 Å². The number of hydrogen-bond donors (Lipinski definition) is 1. The van der Waals surface area contributed by atoms with Crippen molar-refractivity contribution in [3.63, 3.8) is 0 Å². The molecule has 0 bridgehead atoms. The van der Waals surface area contributed by atoms with Crippen LogP contribution in [0.2, 0.25) is 10.0 Å². The lowest BCUT2D eigenvalue weighted by Gasteiger charge is -2.26. The third kappa shape index (κ3) is 5.03. The molecule has 154 valence electrons. The van der Waals surface area contributed by atoms with Gasteiger partial charge in [0.05, 0.1) is 40.1 Å². The zero-order valence-electron chi connectivity index (χ0n) is 14.9. The minimum Gasteiger partial charge on any atom is -0.379 e. The van der Waals surface area contributed by atoms with Crippen LogP contribution in [-0.2, 0) is 14.8 Å². The van der Waals surface area contributed by atoms with Crippen LogP contribution >= 0.6 is 23.2 Å². The summed E-state index contributed by atoms with van der Waals surface area (Å²) in [4.78, 5) is 10.2. The van der Waals surface area contributed by atoms with E-state index in [2.05, 4.69) is 10.5 Å². The van der Waals surface area contributed by atoms with E-state index in [-0.39, 0.29) is 42.6 Å². The molecule has 0 radical (unpaired) electrons. The average molecular weight is 459 g/mol. The van der Waals surface area contributed by atoms with Crippen molar-refractivity contribution in [1.82, 2.24) is 4.31 Å². The molecule has 12 heteroatoms. The van der Waals surface area contributed by atoms with E-state index in [0.29, 0.717) is 15.6 Å². The number of non-ortho nitro benzene ring substituents is 1. The van der Waals surface area contributed by atoms with Gasteiger partial charge >= 0.3 is 0 Å². The van der Waals surface area contributed by atoms with E-state index in [0.717, 1.165) is 6.07 Å². The second-order valence-electron chi connectivity index (χ2n) is 6.00. The van der Waals surface area contributed by atoms with Gasteiger partial charge in [-0.3, -0.25) is 15.5 Å². The Morgan fingerprint density at radius 2 is 1.86 bits per heavy atom. The molecule has 2 aromatic carbocycles. The monoisotopic (exact) mass is 458 g/mol. The van der Waals surface area contributed by atoms with Crippen molar-refractivity contribution in [3.8, 4) is 0 Å². The van der Waals surface area contributed by atoms with Crippen LogP contribution in [0.5, 0.6) is 0 Å². The first-order chi connectivity index (χ1) is 13.8. The Kier molecular flexibility index (Phi) is 6.70. The molecule has 0 unspecified atom stereocenters. The van der Waals surface area contributed by atoms with Crippen LogP contribution in [0.1, 0.15) is 5.56 Å². The molecule has 29 heavy (non-hydrogen) atoms. The summed E-state index contributed by atoms with van der Waals surface area (Å²) in [5.41, 5.74) is 3.04. The minimum atomic E-state index is -3.98. The molecule has 1 fully saturated rings. The predicted molar refractivity (Wildman–Crippen MR) is 110 cm³/mol. The largest absolute Gasteiger partial charge is 0.379 e. The topological polar surface area (TPSA) is 114 Å². The number of morpholine rings is 1. The van der Waals surface area contributed by atoms with Crippen LogP contribution in [0.3, 0.4) is 0 Å². The number of ether oxygens (including phenoxy) is 1. The first-order valence-corrected chi connectivity index (χ1v) is 10.6. The van der Waals surface area contributed by atoms with Gasteiger partial charge in [0.1, 0.15) is 4.90 Å². The summed E-state index contributed by atoms with van der Waals surface area (Å²) in [6.45, 7) is 0.840. The van der Waals surface area contributed by atoms with Crippen molar-refractivity contribution in [3.05, 3.63) is 62.1 Å². The number of nitrogens with zero attached hydrogens (tertiary/aromatic N) is 3. The average Bonchev–Trinajstić information content (AvgIpc) is 2.71. The van der Waals surface area contributed by atoms with Crippen molar-refractivity contribution in [1.29, 1.82) is 0 Å². The Bertz CT molecular complexity index is 1060. The Labute approximate surface area is 177 Å². The second-order valence-corrected chi connectivity index (χ2v) is 8.72. The zero-order valence-corrected chi connectivity index (χ0v) is 17.2. The van der Waals surface area contributed by atoms with Crippen LogP contribution in [-0.4, -0.2) is 50.2 Å². The number of nitrogens with one attached hydrogen (secondary N) is 1. The molecule has 0 aliphatic carbocycles. The zero-order chi connectivity index (χ0) is 21.0. The molecular weight excluding hydrogens is 443 g/mol. The van der Waals surface area contributed by atoms with Crippen LogP contribution in [0.4, 0.5) is 11.4 Å². The van der Waals surface area contributed by atoms with Gasteiger partial charge in [-0.05, 0) is 23.8 Å². The number of hydrazone groups is 1. The van der Waals surface area contributed by atoms with Crippen molar-refractivity contribution in [2.24, 2.45) is 5.10 Å². The van der Waals surface area contributed by atoms with E-state index in [1.165, 1.54) is 22.7 Å². The smallest absolute Gasteiger partial charge is 0.270 e. The Morgan fingerprint density at radius 3 is 2.52 bits per heavy atom. The van der Waals surface area contributed by atoms with Gasteiger partial charge in [-0.2, -0.15) is 9.41 Å². The van der Waals surface area contributed by atoms with Gasteiger partial charge < -0.3 is 4.74 Å². The molecule has 1 saturated heterocycles. The minimum absolute atomic E-state index is 0.110. The maximum atomic E-state index is 13.0. The lowest BCUT2D eigenvalue weighted by atomic mass is 10.2. The van der Waals surface area contributed by atoms with Gasteiger partial charge in [-0.1, -0.05) is 29.3 Å². The number of rotatable bonds is 6. The van der Waals surface area contributed by atoms with Gasteiger partial charge in [0, 0.05) is 25.2 Å². The van der Waals surface area contributed by atoms with Crippen molar-refractivity contribution < 1.29 is 18.1 Å². The SMILES string of the molecule is O=[N+]([O-])c1ccc(N/N=C/c2ccc(Cl)c(Cl)c2)c(S(=O)(=O)N2CCOCC2)c1. The van der Waals surface area contributed by atoms with Gasteiger partial charge in [0.2, 0.25) is 10.0 Å². The fourth-order valence-electron chi connectivity index (χ4n) is 2.63. The van der Waals surface area contributed by atoms with Crippen LogP contribution < -0.4 is 5.43 Å². The number of nitro groups is 1. The molecule has 0 spiro atoms. The number of anilines is 1. The third-order valence-corrected chi connectivity index (χ3v) is 6.78. The molecule has 1 aliphatic heterocycles. The standard InChI is InChI=1S/C17H16Cl2N4O5S/c18-14-3-1-12(9-15(14)19)11-20-21-16-4-2-13(23(24)25)10-17(16)29(26,27)22-5-7-28-8-6-22/h1-4,9-11,21H,5-8H2/b20-11+. The number of halogens is 2. The van der Waals surface area contributed by atoms with Crippen LogP contribution in [0.15, 0.2) is 46.4 Å². The van der Waals surface area contributed by atoms with Gasteiger partial charge in [-0.25, -0.2) is 8.42 Å². The van der Waals surface area contributed by atoms with E-state index in [1.54, 1.807) is 18.2 Å². The highest BCUT2D eigenvalue weighted by Crippen LogP contribution is 2.29. The highest BCUT2D eigenvalue weighted by atomic mass is 35.5. The van der Waals surface area contributed by atoms with Gasteiger partial charge in [0.25, 0.3) is 5.69 Å². The molecule has 0 saturated carbocycles. The van der Waals surface area contributed by atoms with Crippen molar-refractivity contribution >= 4 is 50.8 Å². The fourth-order valence-corrected chi connectivity index (χ4v) is 4.50. The van der Waals surface area contributed by atoms with Gasteiger partial charge in [0.15, 0.2) is 0 Å². The lowest BCUT2D eigenvalue weighted by Crippen LogP contribution is -2.40. The van der Waals surface area contributed by atoms with Crippen molar-refractivity contribution in [2.75, 3.05) is 31.7 Å². The first kappa shape index (κ1) is 21.5. The summed E-state index contributed by atoms with van der Waals surface area (Å²) < 4.78 is 32.5. The maximum Gasteiger partial charge on any atom is 0.270 e. The summed E-state index contributed by atoms with van der Waals surface area (Å²) >= 11 is 11.8. The molecule has 2 aromatic rings. The summed E-state index contributed by atoms with van der Waals surface area (Å²) in [6, 6.07) is 8.40. The molecule has 0 aromatic heterocycles. The first-order valence-electron chi connectivity index (χ1n) is 8.39. The number of benzene rings is 2. The number of nitro benzene ring substituents is 1. The quantitative estimate of drug-likeness (QED) is 0.403. The van der Waals surface area contributed by atoms with Crippen molar-refractivity contribution in [2.45, 2.75) is 4.90 Å². The maximum absolute atomic E-state index is 13.0. The molecule has 1 heterocycles. The molecule has 0 atom stereocenters. The van der Waals surface area contributed by atoms with Crippen LogP contribution in [0.25, 0.3) is 0 Å². The normalized spacial score (nSPS) is 15.5. The Morgan fingerprint density at radius 1 is 1.14 bits per heavy atom. The predicted octanol–water partition coefficient (Wildman–Crippen LogP) is 3.37. The number of sulfonamides is 1. The molecule has 1 N–H and O–H groups in total. The Balaban J connectivity index is 1.92. The molecule has 1 aliphatic rings. The molecule has 0 amide bonds. The lowest BCUT2D eigenvalue weighted by molar-refractivity contribution is -0.385. The highest BCUT2D eigenvalue weighted by Gasteiger charge is 2.30. The Hall–Kier alpha value is -2.24. The fraction of sp³-hybridized carbons (Fsp3) is 0.235. The summed E-state index contributed by atoms with van der Waals surface area (Å²) in [5, 5.41) is 15.9. The van der Waals surface area contributed by atoms with E-state index < -0.39 is 14.9 Å². The summed E-state index contributed by atoms with van der Waals surface area (Å²) in [5.74, 6) is 0. The number of hydrogen-bond acceptors (Lipinski definition) is 7. The van der Waals surface area contributed by atoms with E-state index >= 15 is 0 Å². The van der Waals surface area contributed by atoms with E-state index in [9.17, 15) is 18.5 Å². The molecular formula is C17H16Cl2N4O5S.